The molecular weight excluding hydrogens is 468 g/mol. The van der Waals surface area contributed by atoms with Crippen LogP contribution in [-0.4, -0.2) is 39.4 Å². The van der Waals surface area contributed by atoms with Crippen LogP contribution in [-0.2, 0) is 20.7 Å². The number of hydrogen-bond acceptors (Lipinski definition) is 6. The number of halogens is 2. The van der Waals surface area contributed by atoms with Gasteiger partial charge in [-0.1, -0.05) is 45.7 Å². The van der Waals surface area contributed by atoms with Crippen molar-refractivity contribution in [2.45, 2.75) is 31.3 Å². The van der Waals surface area contributed by atoms with E-state index in [-0.39, 0.29) is 18.4 Å². The van der Waals surface area contributed by atoms with Gasteiger partial charge in [-0.3, -0.25) is 19.1 Å². The predicted molar refractivity (Wildman–Crippen MR) is 110 cm³/mol. The quantitative estimate of drug-likeness (QED) is 0.606. The summed E-state index contributed by atoms with van der Waals surface area (Å²) in [4.78, 5) is 40.0. The SMILES string of the molecule is O=C(Cc1ccccc1Cl)OC1C[C@@H](n2cc(/C=C/Br)c(=O)[nH]c2=O)O[C@H]1CO. The van der Waals surface area contributed by atoms with E-state index >= 15 is 0 Å². The first-order valence-electron chi connectivity index (χ1n) is 8.74. The van der Waals surface area contributed by atoms with E-state index in [2.05, 4.69) is 20.9 Å². The molecule has 0 bridgehead atoms. The number of carbonyl (C=O) groups excluding carboxylic acids is 1. The fourth-order valence-electron chi connectivity index (χ4n) is 3.07. The first kappa shape index (κ1) is 21.5. The Hall–Kier alpha value is -2.20. The summed E-state index contributed by atoms with van der Waals surface area (Å²) in [5.41, 5.74) is -0.337. The molecule has 8 nitrogen and oxygen atoms in total. The summed E-state index contributed by atoms with van der Waals surface area (Å²) in [7, 11) is 0. The van der Waals surface area contributed by atoms with Crippen molar-refractivity contribution in [2.24, 2.45) is 0 Å². The molecule has 1 aromatic carbocycles. The minimum absolute atomic E-state index is 0.0300. The molecule has 0 amide bonds. The van der Waals surface area contributed by atoms with Crippen LogP contribution in [0.2, 0.25) is 5.02 Å². The molecule has 0 radical (unpaired) electrons. The molecular formula is C19H18BrClN2O6. The Bertz CT molecular complexity index is 1030. The van der Waals surface area contributed by atoms with Gasteiger partial charge in [0.05, 0.1) is 18.6 Å². The second kappa shape index (κ2) is 9.53. The summed E-state index contributed by atoms with van der Waals surface area (Å²) in [6, 6.07) is 6.92. The number of benzene rings is 1. The lowest BCUT2D eigenvalue weighted by Gasteiger charge is -2.16. The molecule has 10 heteroatoms. The third-order valence-corrected chi connectivity index (χ3v) is 5.12. The number of aliphatic hydroxyl groups excluding tert-OH is 1. The molecule has 0 saturated carbocycles. The fourth-order valence-corrected chi connectivity index (χ4v) is 3.56. The first-order valence-corrected chi connectivity index (χ1v) is 10.0. The van der Waals surface area contributed by atoms with Gasteiger partial charge < -0.3 is 14.6 Å². The Labute approximate surface area is 178 Å². The summed E-state index contributed by atoms with van der Waals surface area (Å²) in [6.45, 7) is -0.396. The minimum Gasteiger partial charge on any atom is -0.459 e. The summed E-state index contributed by atoms with van der Waals surface area (Å²) < 4.78 is 12.4. The van der Waals surface area contributed by atoms with E-state index in [9.17, 15) is 19.5 Å². The van der Waals surface area contributed by atoms with Crippen molar-refractivity contribution in [3.8, 4) is 0 Å². The number of ether oxygens (including phenoxy) is 2. The lowest BCUT2D eigenvalue weighted by atomic mass is 10.1. The second-order valence-corrected chi connectivity index (χ2v) is 7.32. The lowest BCUT2D eigenvalue weighted by molar-refractivity contribution is -0.152. The van der Waals surface area contributed by atoms with Crippen molar-refractivity contribution in [2.75, 3.05) is 6.61 Å². The van der Waals surface area contributed by atoms with Crippen LogP contribution in [0.15, 0.2) is 45.0 Å². The Morgan fingerprint density at radius 3 is 2.86 bits per heavy atom. The third-order valence-electron chi connectivity index (χ3n) is 4.48. The third kappa shape index (κ3) is 5.05. The summed E-state index contributed by atoms with van der Waals surface area (Å²) in [5, 5.41) is 10.1. The normalized spacial score (nSPS) is 21.6. The molecule has 2 N–H and O–H groups in total. The minimum atomic E-state index is -0.808. The molecule has 1 unspecified atom stereocenters. The van der Waals surface area contributed by atoms with Crippen LogP contribution in [0.4, 0.5) is 0 Å². The summed E-state index contributed by atoms with van der Waals surface area (Å²) >= 11 is 9.15. The van der Waals surface area contributed by atoms with Crippen LogP contribution >= 0.6 is 27.5 Å². The summed E-state index contributed by atoms with van der Waals surface area (Å²) in [5.74, 6) is -0.525. The Morgan fingerprint density at radius 2 is 2.17 bits per heavy atom. The van der Waals surface area contributed by atoms with Crippen molar-refractivity contribution < 1.29 is 19.4 Å². The van der Waals surface area contributed by atoms with Crippen molar-refractivity contribution >= 4 is 39.6 Å². The number of nitrogens with one attached hydrogen (secondary N) is 1. The van der Waals surface area contributed by atoms with E-state index in [0.717, 1.165) is 0 Å². The number of nitrogens with zero attached hydrogens (tertiary/aromatic N) is 1. The fraction of sp³-hybridized carbons (Fsp3) is 0.316. The highest BCUT2D eigenvalue weighted by Crippen LogP contribution is 2.30. The van der Waals surface area contributed by atoms with Crippen LogP contribution in [0, 0.1) is 0 Å². The van der Waals surface area contributed by atoms with E-state index in [4.69, 9.17) is 21.1 Å². The molecule has 1 fully saturated rings. The number of aromatic nitrogens is 2. The number of aromatic amines is 1. The molecule has 1 aliphatic heterocycles. The van der Waals surface area contributed by atoms with Gasteiger partial charge in [0.25, 0.3) is 5.56 Å². The molecule has 2 heterocycles. The Balaban J connectivity index is 1.75. The van der Waals surface area contributed by atoms with Gasteiger partial charge in [0.15, 0.2) is 0 Å². The highest BCUT2D eigenvalue weighted by molar-refractivity contribution is 9.11. The number of esters is 1. The Morgan fingerprint density at radius 1 is 1.41 bits per heavy atom. The summed E-state index contributed by atoms with van der Waals surface area (Å²) in [6.07, 6.45) is 0.580. The van der Waals surface area contributed by atoms with Gasteiger partial charge >= 0.3 is 11.7 Å². The monoisotopic (exact) mass is 484 g/mol. The van der Waals surface area contributed by atoms with Gasteiger partial charge in [-0.2, -0.15) is 0 Å². The van der Waals surface area contributed by atoms with Crippen molar-refractivity contribution in [3.63, 3.8) is 0 Å². The maximum atomic E-state index is 12.3. The smallest absolute Gasteiger partial charge is 0.330 e. The van der Waals surface area contributed by atoms with Gasteiger partial charge in [0.2, 0.25) is 0 Å². The van der Waals surface area contributed by atoms with Crippen LogP contribution in [0.3, 0.4) is 0 Å². The van der Waals surface area contributed by atoms with Gasteiger partial charge in [-0.05, 0) is 22.7 Å². The Kier molecular flexibility index (Phi) is 7.07. The highest BCUT2D eigenvalue weighted by atomic mass is 79.9. The maximum absolute atomic E-state index is 12.3. The molecule has 0 spiro atoms. The zero-order valence-electron chi connectivity index (χ0n) is 15.1. The van der Waals surface area contributed by atoms with E-state index < -0.39 is 42.3 Å². The zero-order chi connectivity index (χ0) is 21.0. The van der Waals surface area contributed by atoms with E-state index in [1.807, 2.05) is 0 Å². The van der Waals surface area contributed by atoms with Crippen LogP contribution < -0.4 is 11.2 Å². The zero-order valence-corrected chi connectivity index (χ0v) is 17.4. The van der Waals surface area contributed by atoms with E-state index in [1.165, 1.54) is 21.8 Å². The van der Waals surface area contributed by atoms with E-state index in [1.54, 1.807) is 24.3 Å². The number of carbonyl (C=O) groups is 1. The molecule has 2 aromatic rings. The maximum Gasteiger partial charge on any atom is 0.330 e. The molecule has 1 aromatic heterocycles. The van der Waals surface area contributed by atoms with Crippen LogP contribution in [0.1, 0.15) is 23.8 Å². The molecule has 3 atom stereocenters. The standard InChI is InChI=1S/C19H18BrClN2O6/c20-6-5-12-9-23(19(27)22-18(12)26)16-8-14(15(10-24)28-16)29-17(25)7-11-3-1-2-4-13(11)21/h1-6,9,14-16,24H,7-8,10H2,(H,22,26,27)/b6-5+/t14?,15-,16-/m0/s1. The average molecular weight is 486 g/mol. The number of hydrogen-bond donors (Lipinski definition) is 2. The molecule has 154 valence electrons. The van der Waals surface area contributed by atoms with Crippen LogP contribution in [0.25, 0.3) is 6.08 Å². The highest BCUT2D eigenvalue weighted by Gasteiger charge is 2.39. The predicted octanol–water partition coefficient (Wildman–Crippen LogP) is 1.99. The van der Waals surface area contributed by atoms with Gasteiger partial charge in [0, 0.05) is 17.6 Å². The van der Waals surface area contributed by atoms with Crippen molar-refractivity contribution in [1.29, 1.82) is 0 Å². The van der Waals surface area contributed by atoms with Gasteiger partial charge in [0.1, 0.15) is 18.4 Å². The molecule has 0 aliphatic carbocycles. The molecule has 1 aliphatic rings. The van der Waals surface area contributed by atoms with Gasteiger partial charge in [-0.25, -0.2) is 4.79 Å². The lowest BCUT2D eigenvalue weighted by Crippen LogP contribution is -2.33. The van der Waals surface area contributed by atoms with E-state index in [0.29, 0.717) is 10.6 Å². The van der Waals surface area contributed by atoms with Crippen molar-refractivity contribution in [1.82, 2.24) is 9.55 Å². The second-order valence-electron chi connectivity index (χ2n) is 6.39. The molecule has 29 heavy (non-hydrogen) atoms. The average Bonchev–Trinajstić information content (AvgIpc) is 3.08. The number of H-pyrrole nitrogens is 1. The van der Waals surface area contributed by atoms with Crippen LogP contribution in [0.5, 0.6) is 0 Å². The molecule has 1 saturated heterocycles. The largest absolute Gasteiger partial charge is 0.459 e. The van der Waals surface area contributed by atoms with Crippen molar-refractivity contribution in [3.05, 3.63) is 72.4 Å². The topological polar surface area (TPSA) is 111 Å². The number of aliphatic hydroxyl groups is 1. The van der Waals surface area contributed by atoms with Gasteiger partial charge in [-0.15, -0.1) is 0 Å². The first-order chi connectivity index (χ1) is 13.9. The molecule has 3 rings (SSSR count). The number of rotatable bonds is 6.